The van der Waals surface area contributed by atoms with E-state index in [4.69, 9.17) is 4.74 Å². The third-order valence-corrected chi connectivity index (χ3v) is 5.23. The van der Waals surface area contributed by atoms with Crippen molar-refractivity contribution in [1.29, 1.82) is 0 Å². The number of nitrogens with one attached hydrogen (secondary N) is 1. The minimum Gasteiger partial charge on any atom is -0.365 e. The summed E-state index contributed by atoms with van der Waals surface area (Å²) in [7, 11) is 1.02. The van der Waals surface area contributed by atoms with Crippen molar-refractivity contribution < 1.29 is 22.3 Å². The van der Waals surface area contributed by atoms with Gasteiger partial charge in [0.05, 0.1) is 13.1 Å². The van der Waals surface area contributed by atoms with Crippen LogP contribution in [0.5, 0.6) is 0 Å². The number of alkyl halides is 2. The fourth-order valence-electron chi connectivity index (χ4n) is 3.52. The molecule has 0 radical (unpaired) electrons. The number of ether oxygens (including phenoxy) is 1. The second-order valence-corrected chi connectivity index (χ2v) is 7.32. The first-order chi connectivity index (χ1) is 16.4. The number of aromatic nitrogens is 5. The molecule has 1 N–H and O–H groups in total. The van der Waals surface area contributed by atoms with Crippen molar-refractivity contribution in [2.24, 2.45) is 10.3 Å². The van der Waals surface area contributed by atoms with E-state index in [1.54, 1.807) is 12.2 Å². The van der Waals surface area contributed by atoms with Crippen LogP contribution in [0.3, 0.4) is 0 Å². The molecule has 0 amide bonds. The molecule has 0 fully saturated rings. The Balaban J connectivity index is 1.67. The first-order valence-electron chi connectivity index (χ1n) is 9.95. The number of benzene rings is 1. The van der Waals surface area contributed by atoms with E-state index in [0.29, 0.717) is 18.2 Å². The zero-order valence-electron chi connectivity index (χ0n) is 17.8. The predicted octanol–water partition coefficient (Wildman–Crippen LogP) is 2.84. The monoisotopic (exact) mass is 477 g/mol. The lowest BCUT2D eigenvalue weighted by molar-refractivity contribution is -0.225. The molecular formula is C20H19F4N9O. The van der Waals surface area contributed by atoms with Crippen LogP contribution >= 0.6 is 0 Å². The molecule has 3 heterocycles. The van der Waals surface area contributed by atoms with Crippen molar-refractivity contribution in [1.82, 2.24) is 35.7 Å². The molecule has 14 heteroatoms. The van der Waals surface area contributed by atoms with Crippen molar-refractivity contribution in [2.75, 3.05) is 20.3 Å². The quantitative estimate of drug-likeness (QED) is 0.473. The smallest absolute Gasteiger partial charge is 0.323 e. The fourth-order valence-corrected chi connectivity index (χ4v) is 3.52. The molecular weight excluding hydrogens is 458 g/mol. The standard InChI is InChI=1S/C20H19F4N9O/c1-34-19(11-33-13-27-29-31-33,16-6-5-15(21)9-17(16)22)20(23,24)18-7-4-14(10-25-18)3-2-8-32-12-26-28-30-32/h2-7,9-10,12H,8,11,13H2,1H3,(H,27,31). The molecule has 1 aliphatic rings. The van der Waals surface area contributed by atoms with Crippen molar-refractivity contribution in [3.8, 4) is 0 Å². The maximum atomic E-state index is 16.1. The van der Waals surface area contributed by atoms with E-state index in [9.17, 15) is 8.78 Å². The molecule has 1 aliphatic heterocycles. The molecule has 4 rings (SSSR count). The lowest BCUT2D eigenvalue weighted by atomic mass is 9.84. The lowest BCUT2D eigenvalue weighted by Gasteiger charge is -2.41. The number of rotatable bonds is 9. The summed E-state index contributed by atoms with van der Waals surface area (Å²) in [5, 5.41) is 19.2. The molecule has 1 atom stereocenters. The zero-order chi connectivity index (χ0) is 24.2. The molecule has 3 aromatic rings. The summed E-state index contributed by atoms with van der Waals surface area (Å²) in [6.45, 7) is -0.260. The van der Waals surface area contributed by atoms with E-state index in [1.165, 1.54) is 28.3 Å². The van der Waals surface area contributed by atoms with Gasteiger partial charge in [0.2, 0.25) is 0 Å². The van der Waals surface area contributed by atoms with Gasteiger partial charge < -0.3 is 4.74 Å². The highest BCUT2D eigenvalue weighted by Gasteiger charge is 2.60. The normalized spacial score (nSPS) is 16.1. The summed E-state index contributed by atoms with van der Waals surface area (Å²) in [4.78, 5) is 3.92. The highest BCUT2D eigenvalue weighted by molar-refractivity contribution is 5.48. The number of methoxy groups -OCH3 is 1. The average molecular weight is 477 g/mol. The summed E-state index contributed by atoms with van der Waals surface area (Å²) in [6.07, 6.45) is 6.07. The van der Waals surface area contributed by atoms with Gasteiger partial charge in [0, 0.05) is 24.9 Å². The summed E-state index contributed by atoms with van der Waals surface area (Å²) >= 11 is 0. The lowest BCUT2D eigenvalue weighted by Crippen LogP contribution is -2.55. The van der Waals surface area contributed by atoms with E-state index >= 15 is 8.78 Å². The van der Waals surface area contributed by atoms with Gasteiger partial charge in [-0.1, -0.05) is 23.4 Å². The van der Waals surface area contributed by atoms with Crippen LogP contribution < -0.4 is 5.53 Å². The second-order valence-electron chi connectivity index (χ2n) is 7.32. The van der Waals surface area contributed by atoms with Crippen LogP contribution in [-0.4, -0.2) is 50.5 Å². The van der Waals surface area contributed by atoms with E-state index in [2.05, 4.69) is 36.4 Å². The number of allylic oxidation sites excluding steroid dienone is 1. The molecule has 0 spiro atoms. The predicted molar refractivity (Wildman–Crippen MR) is 110 cm³/mol. The summed E-state index contributed by atoms with van der Waals surface area (Å²) in [6, 6.07) is 4.91. The molecule has 34 heavy (non-hydrogen) atoms. The van der Waals surface area contributed by atoms with Gasteiger partial charge in [-0.15, -0.1) is 5.10 Å². The Morgan fingerprint density at radius 2 is 2.06 bits per heavy atom. The van der Waals surface area contributed by atoms with E-state index in [0.717, 1.165) is 25.3 Å². The number of hydrogen-bond acceptors (Lipinski definition) is 9. The van der Waals surface area contributed by atoms with Crippen LogP contribution in [-0.2, 0) is 22.8 Å². The minimum absolute atomic E-state index is 0.0670. The third-order valence-electron chi connectivity index (χ3n) is 5.23. The molecule has 178 valence electrons. The van der Waals surface area contributed by atoms with Crippen LogP contribution in [0.15, 0.2) is 59.3 Å². The number of tetrazole rings is 1. The number of halogens is 4. The van der Waals surface area contributed by atoms with Crippen molar-refractivity contribution >= 4 is 6.08 Å². The van der Waals surface area contributed by atoms with Gasteiger partial charge in [-0.3, -0.25) is 4.98 Å². The van der Waals surface area contributed by atoms with Gasteiger partial charge >= 0.3 is 5.92 Å². The van der Waals surface area contributed by atoms with Crippen LogP contribution in [0, 0.1) is 11.6 Å². The molecule has 0 aliphatic carbocycles. The van der Waals surface area contributed by atoms with Gasteiger partial charge in [0.1, 0.15) is 30.3 Å². The molecule has 1 unspecified atom stereocenters. The van der Waals surface area contributed by atoms with Gasteiger partial charge in [-0.05, 0) is 34.2 Å². The van der Waals surface area contributed by atoms with Gasteiger partial charge in [-0.2, -0.15) is 18.9 Å². The average Bonchev–Trinajstić information content (AvgIpc) is 3.52. The maximum Gasteiger partial charge on any atom is 0.323 e. The summed E-state index contributed by atoms with van der Waals surface area (Å²) in [5.41, 5.74) is -0.794. The molecule has 0 saturated heterocycles. The Kier molecular flexibility index (Phi) is 6.61. The third kappa shape index (κ3) is 4.49. The van der Waals surface area contributed by atoms with E-state index in [-0.39, 0.29) is 6.67 Å². The summed E-state index contributed by atoms with van der Waals surface area (Å²) in [5.74, 6) is -5.94. The molecule has 2 aromatic heterocycles. The molecule has 1 aromatic carbocycles. The van der Waals surface area contributed by atoms with Crippen molar-refractivity contribution in [2.45, 2.75) is 18.1 Å². The van der Waals surface area contributed by atoms with Crippen molar-refractivity contribution in [3.05, 3.63) is 77.4 Å². The SMILES string of the molecule is COC(CN1CN=NN1)(c1ccc(F)cc1F)C(F)(F)c1ccc(C=CCn2cnnn2)cn1. The Bertz CT molecular complexity index is 1160. The van der Waals surface area contributed by atoms with Gasteiger partial charge in [0.15, 0.2) is 5.60 Å². The Hall–Kier alpha value is -3.78. The van der Waals surface area contributed by atoms with Crippen LogP contribution in [0.25, 0.3) is 6.08 Å². The van der Waals surface area contributed by atoms with Gasteiger partial charge in [-0.25, -0.2) is 19.0 Å². The van der Waals surface area contributed by atoms with Crippen molar-refractivity contribution in [3.63, 3.8) is 0 Å². The molecule has 0 saturated carbocycles. The fraction of sp³-hybridized carbons (Fsp3) is 0.300. The Morgan fingerprint density at radius 1 is 1.21 bits per heavy atom. The molecule has 0 bridgehead atoms. The highest BCUT2D eigenvalue weighted by Crippen LogP contribution is 2.48. The Morgan fingerprint density at radius 3 is 2.68 bits per heavy atom. The topological polar surface area (TPSA) is 106 Å². The number of hydrazine groups is 1. The highest BCUT2D eigenvalue weighted by atomic mass is 19.3. The Labute approximate surface area is 190 Å². The molecule has 10 nitrogen and oxygen atoms in total. The van der Waals surface area contributed by atoms with Crippen LogP contribution in [0.4, 0.5) is 17.6 Å². The largest absolute Gasteiger partial charge is 0.365 e. The van der Waals surface area contributed by atoms with Crippen LogP contribution in [0.2, 0.25) is 0 Å². The number of nitrogens with zero attached hydrogens (tertiary/aromatic N) is 8. The second kappa shape index (κ2) is 9.61. The van der Waals surface area contributed by atoms with E-state index < -0.39 is 41.0 Å². The first kappa shape index (κ1) is 23.4. The van der Waals surface area contributed by atoms with E-state index in [1.807, 2.05) is 0 Å². The number of hydrogen-bond donors (Lipinski definition) is 1. The summed E-state index contributed by atoms with van der Waals surface area (Å²) < 4.78 is 67.2. The maximum absolute atomic E-state index is 16.1. The van der Waals surface area contributed by atoms with Gasteiger partial charge in [0.25, 0.3) is 0 Å². The minimum atomic E-state index is -3.85. The zero-order valence-corrected chi connectivity index (χ0v) is 17.8. The van der Waals surface area contributed by atoms with Crippen LogP contribution in [0.1, 0.15) is 16.8 Å². The number of pyridine rings is 1. The first-order valence-corrected chi connectivity index (χ1v) is 9.95.